The van der Waals surface area contributed by atoms with Gasteiger partial charge in [0, 0.05) is 7.11 Å². The second kappa shape index (κ2) is 6.94. The molecule has 0 radical (unpaired) electrons. The van der Waals surface area contributed by atoms with E-state index in [2.05, 4.69) is 5.32 Å². The number of ether oxygens (including phenoxy) is 1. The van der Waals surface area contributed by atoms with Crippen LogP contribution in [0.4, 0.5) is 0 Å². The van der Waals surface area contributed by atoms with Crippen molar-refractivity contribution in [3.05, 3.63) is 23.7 Å². The van der Waals surface area contributed by atoms with Crippen molar-refractivity contribution < 1.29 is 23.8 Å². The van der Waals surface area contributed by atoms with Crippen LogP contribution in [0.15, 0.2) is 16.5 Å². The van der Waals surface area contributed by atoms with Gasteiger partial charge in [-0.1, -0.05) is 13.8 Å². The third-order valence-corrected chi connectivity index (χ3v) is 2.48. The van der Waals surface area contributed by atoms with E-state index in [-0.39, 0.29) is 18.3 Å². The van der Waals surface area contributed by atoms with Crippen LogP contribution in [0.1, 0.15) is 36.6 Å². The van der Waals surface area contributed by atoms with Gasteiger partial charge < -0.3 is 19.6 Å². The number of carboxylic acid groups (broad SMARTS) is 1. The van der Waals surface area contributed by atoms with Crippen molar-refractivity contribution in [2.24, 2.45) is 5.92 Å². The Morgan fingerprint density at radius 3 is 2.63 bits per heavy atom. The summed E-state index contributed by atoms with van der Waals surface area (Å²) in [4.78, 5) is 22.9. The lowest BCUT2D eigenvalue weighted by molar-refractivity contribution is -0.139. The molecule has 106 valence electrons. The molecule has 6 heteroatoms. The van der Waals surface area contributed by atoms with Gasteiger partial charge in [-0.3, -0.25) is 4.79 Å². The summed E-state index contributed by atoms with van der Waals surface area (Å²) in [7, 11) is 1.52. The van der Waals surface area contributed by atoms with E-state index < -0.39 is 17.9 Å². The Bertz CT molecular complexity index is 438. The molecule has 0 bridgehead atoms. The summed E-state index contributed by atoms with van der Waals surface area (Å²) in [6.07, 6.45) is 0.368. The van der Waals surface area contributed by atoms with Crippen LogP contribution in [0.5, 0.6) is 0 Å². The Morgan fingerprint density at radius 2 is 2.11 bits per heavy atom. The Labute approximate surface area is 111 Å². The summed E-state index contributed by atoms with van der Waals surface area (Å²) in [6.45, 7) is 4.05. The van der Waals surface area contributed by atoms with Crippen LogP contribution in [0.3, 0.4) is 0 Å². The smallest absolute Gasteiger partial charge is 0.326 e. The molecule has 6 nitrogen and oxygen atoms in total. The largest absolute Gasteiger partial charge is 0.480 e. The number of nitrogens with one attached hydrogen (secondary N) is 1. The number of carbonyl (C=O) groups excluding carboxylic acids is 1. The molecule has 0 aliphatic heterocycles. The van der Waals surface area contributed by atoms with E-state index >= 15 is 0 Å². The quantitative estimate of drug-likeness (QED) is 0.785. The van der Waals surface area contributed by atoms with E-state index in [1.54, 1.807) is 6.07 Å². The number of hydrogen-bond donors (Lipinski definition) is 2. The summed E-state index contributed by atoms with van der Waals surface area (Å²) in [5.41, 5.74) is 0. The minimum absolute atomic E-state index is 0.0852. The molecule has 1 rings (SSSR count). The molecule has 1 heterocycles. The van der Waals surface area contributed by atoms with Gasteiger partial charge in [-0.05, 0) is 24.5 Å². The number of rotatable bonds is 7. The minimum atomic E-state index is -1.05. The van der Waals surface area contributed by atoms with Gasteiger partial charge >= 0.3 is 5.97 Å². The molecule has 2 N–H and O–H groups in total. The molecule has 0 aliphatic carbocycles. The molecule has 0 unspecified atom stereocenters. The monoisotopic (exact) mass is 269 g/mol. The standard InChI is InChI=1S/C13H19NO5/c1-8(2)6-10(13(16)17)14-12(15)11-5-4-9(19-11)7-18-3/h4-5,8,10H,6-7H2,1-3H3,(H,14,15)(H,16,17)/t10-/m0/s1. The Kier molecular flexibility index (Phi) is 5.57. The lowest BCUT2D eigenvalue weighted by atomic mass is 10.0. The number of hydrogen-bond acceptors (Lipinski definition) is 4. The normalized spacial score (nSPS) is 12.4. The van der Waals surface area contributed by atoms with Gasteiger partial charge in [0.1, 0.15) is 18.4 Å². The number of amides is 1. The number of carbonyl (C=O) groups is 2. The molecule has 0 aromatic carbocycles. The number of aliphatic carboxylic acids is 1. The zero-order valence-electron chi connectivity index (χ0n) is 11.3. The van der Waals surface area contributed by atoms with E-state index in [1.165, 1.54) is 13.2 Å². The van der Waals surface area contributed by atoms with Crippen molar-refractivity contribution in [1.29, 1.82) is 0 Å². The van der Waals surface area contributed by atoms with Crippen molar-refractivity contribution in [2.45, 2.75) is 32.9 Å². The third kappa shape index (κ3) is 4.75. The van der Waals surface area contributed by atoms with Crippen LogP contribution >= 0.6 is 0 Å². The fourth-order valence-corrected chi connectivity index (χ4v) is 1.64. The molecule has 1 aromatic heterocycles. The molecular formula is C13H19NO5. The second-order valence-electron chi connectivity index (χ2n) is 4.69. The summed E-state index contributed by atoms with van der Waals surface area (Å²) >= 11 is 0. The second-order valence-corrected chi connectivity index (χ2v) is 4.69. The first-order valence-corrected chi connectivity index (χ1v) is 6.05. The van der Waals surface area contributed by atoms with Crippen LogP contribution < -0.4 is 5.32 Å². The van der Waals surface area contributed by atoms with Gasteiger partial charge in [0.25, 0.3) is 5.91 Å². The van der Waals surface area contributed by atoms with Crippen molar-refractivity contribution >= 4 is 11.9 Å². The van der Waals surface area contributed by atoms with Crippen LogP contribution in [-0.4, -0.2) is 30.1 Å². The van der Waals surface area contributed by atoms with Crippen molar-refractivity contribution in [2.75, 3.05) is 7.11 Å². The summed E-state index contributed by atoms with van der Waals surface area (Å²) in [5.74, 6) is -0.811. The molecule has 19 heavy (non-hydrogen) atoms. The molecule has 0 saturated carbocycles. The molecule has 0 aliphatic rings. The molecule has 1 atom stereocenters. The molecule has 1 amide bonds. The first-order chi connectivity index (χ1) is 8.93. The van der Waals surface area contributed by atoms with Gasteiger partial charge in [0.05, 0.1) is 0 Å². The van der Waals surface area contributed by atoms with Crippen LogP contribution in [0.2, 0.25) is 0 Å². The summed E-state index contributed by atoms with van der Waals surface area (Å²) < 4.78 is 10.1. The zero-order valence-corrected chi connectivity index (χ0v) is 11.3. The molecular weight excluding hydrogens is 250 g/mol. The molecule has 0 spiro atoms. The van der Waals surface area contributed by atoms with E-state index in [1.807, 2.05) is 13.8 Å². The van der Waals surface area contributed by atoms with E-state index in [9.17, 15) is 9.59 Å². The van der Waals surface area contributed by atoms with Gasteiger partial charge in [-0.25, -0.2) is 4.79 Å². The van der Waals surface area contributed by atoms with E-state index in [4.69, 9.17) is 14.3 Å². The van der Waals surface area contributed by atoms with E-state index in [0.29, 0.717) is 12.2 Å². The third-order valence-electron chi connectivity index (χ3n) is 2.48. The first kappa shape index (κ1) is 15.2. The molecule has 0 fully saturated rings. The lowest BCUT2D eigenvalue weighted by Gasteiger charge is -2.15. The average Bonchev–Trinajstić information content (AvgIpc) is 2.76. The Balaban J connectivity index is 2.67. The highest BCUT2D eigenvalue weighted by atomic mass is 16.5. The van der Waals surface area contributed by atoms with Crippen molar-refractivity contribution in [3.8, 4) is 0 Å². The Morgan fingerprint density at radius 1 is 1.42 bits per heavy atom. The predicted molar refractivity (Wildman–Crippen MR) is 67.8 cm³/mol. The maximum atomic E-state index is 11.8. The van der Waals surface area contributed by atoms with E-state index in [0.717, 1.165) is 0 Å². The highest BCUT2D eigenvalue weighted by Gasteiger charge is 2.23. The number of methoxy groups -OCH3 is 1. The number of carboxylic acids is 1. The zero-order chi connectivity index (χ0) is 14.4. The van der Waals surface area contributed by atoms with Crippen molar-refractivity contribution in [1.82, 2.24) is 5.32 Å². The lowest BCUT2D eigenvalue weighted by Crippen LogP contribution is -2.41. The minimum Gasteiger partial charge on any atom is -0.480 e. The highest BCUT2D eigenvalue weighted by Crippen LogP contribution is 2.10. The predicted octanol–water partition coefficient (Wildman–Crippen LogP) is 1.66. The van der Waals surface area contributed by atoms with Crippen LogP contribution in [0.25, 0.3) is 0 Å². The molecule has 0 saturated heterocycles. The van der Waals surface area contributed by atoms with Gasteiger partial charge in [0.2, 0.25) is 0 Å². The van der Waals surface area contributed by atoms with Crippen LogP contribution in [-0.2, 0) is 16.1 Å². The van der Waals surface area contributed by atoms with Crippen LogP contribution in [0, 0.1) is 5.92 Å². The van der Waals surface area contributed by atoms with Gasteiger partial charge in [-0.2, -0.15) is 0 Å². The summed E-state index contributed by atoms with van der Waals surface area (Å²) in [5, 5.41) is 11.5. The fraction of sp³-hybridized carbons (Fsp3) is 0.538. The van der Waals surface area contributed by atoms with Gasteiger partial charge in [-0.15, -0.1) is 0 Å². The van der Waals surface area contributed by atoms with Gasteiger partial charge in [0.15, 0.2) is 5.76 Å². The fourth-order valence-electron chi connectivity index (χ4n) is 1.64. The maximum Gasteiger partial charge on any atom is 0.326 e. The average molecular weight is 269 g/mol. The molecule has 1 aromatic rings. The SMILES string of the molecule is COCc1ccc(C(=O)N[C@@H](CC(C)C)C(=O)O)o1. The maximum absolute atomic E-state index is 11.8. The highest BCUT2D eigenvalue weighted by molar-refractivity contribution is 5.94. The Hall–Kier alpha value is -1.82. The number of furan rings is 1. The first-order valence-electron chi connectivity index (χ1n) is 6.05. The topological polar surface area (TPSA) is 88.8 Å². The summed E-state index contributed by atoms with van der Waals surface area (Å²) in [6, 6.07) is 2.21. The van der Waals surface area contributed by atoms with Crippen molar-refractivity contribution in [3.63, 3.8) is 0 Å².